The van der Waals surface area contributed by atoms with Crippen molar-refractivity contribution in [3.8, 4) is 0 Å². The van der Waals surface area contributed by atoms with E-state index >= 15 is 0 Å². The maximum absolute atomic E-state index is 12.1. The van der Waals surface area contributed by atoms with Crippen LogP contribution in [0.1, 0.15) is 32.0 Å². The van der Waals surface area contributed by atoms with Crippen molar-refractivity contribution < 1.29 is 14.7 Å². The number of thioether (sulfide) groups is 1. The second kappa shape index (κ2) is 9.24. The van der Waals surface area contributed by atoms with Crippen LogP contribution < -0.4 is 0 Å². The lowest BCUT2D eigenvalue weighted by Gasteiger charge is -2.10. The maximum atomic E-state index is 12.1. The number of carbonyl (C=O) groups excluding carboxylic acids is 1. The van der Waals surface area contributed by atoms with E-state index < -0.39 is 5.97 Å². The van der Waals surface area contributed by atoms with Crippen molar-refractivity contribution in [3.05, 3.63) is 18.0 Å². The number of aliphatic carboxylic acids is 1. The van der Waals surface area contributed by atoms with E-state index in [9.17, 15) is 9.59 Å². The fraction of sp³-hybridized carbons (Fsp3) is 0.571. The van der Waals surface area contributed by atoms with Gasteiger partial charge in [0, 0.05) is 32.3 Å². The lowest BCUT2D eigenvalue weighted by atomic mass is 10.2. The number of carboxylic acid groups (broad SMARTS) is 1. The predicted molar refractivity (Wildman–Crippen MR) is 85.2 cm³/mol. The molecule has 0 fully saturated rings. The molecule has 0 aliphatic heterocycles. The zero-order valence-electron chi connectivity index (χ0n) is 13.2. The molecule has 1 aromatic heterocycles. The van der Waals surface area contributed by atoms with Crippen molar-refractivity contribution in [3.63, 3.8) is 0 Å². The smallest absolute Gasteiger partial charge is 0.346 e. The summed E-state index contributed by atoms with van der Waals surface area (Å²) in [5, 5.41) is 13.4. The largest absolute Gasteiger partial charge is 0.478 e. The van der Waals surface area contributed by atoms with Crippen LogP contribution in [-0.4, -0.2) is 56.6 Å². The van der Waals surface area contributed by atoms with E-state index in [4.69, 9.17) is 5.11 Å². The van der Waals surface area contributed by atoms with Gasteiger partial charge in [-0.05, 0) is 12.8 Å². The molecule has 0 radical (unpaired) electrons. The second-order valence-corrected chi connectivity index (χ2v) is 5.94. The number of carbonyl (C=O) groups is 2. The Labute approximate surface area is 134 Å². The number of aromatic nitrogens is 3. The highest BCUT2D eigenvalue weighted by Crippen LogP contribution is 2.18. The van der Waals surface area contributed by atoms with E-state index in [0.717, 1.165) is 25.3 Å². The van der Waals surface area contributed by atoms with Crippen LogP contribution in [0.2, 0.25) is 0 Å². The van der Waals surface area contributed by atoms with Crippen LogP contribution in [0.4, 0.5) is 4.79 Å². The minimum atomic E-state index is -0.960. The van der Waals surface area contributed by atoms with Crippen LogP contribution >= 0.6 is 11.8 Å². The zero-order valence-corrected chi connectivity index (χ0v) is 14.0. The van der Waals surface area contributed by atoms with Gasteiger partial charge in [-0.15, -0.1) is 5.10 Å². The van der Waals surface area contributed by atoms with E-state index in [2.05, 4.69) is 17.0 Å². The Bertz CT molecular complexity index is 540. The third-order valence-electron chi connectivity index (χ3n) is 2.72. The molecule has 1 amide bonds. The van der Waals surface area contributed by atoms with E-state index in [-0.39, 0.29) is 6.03 Å². The molecule has 1 rings (SSSR count). The molecule has 0 spiro atoms. The summed E-state index contributed by atoms with van der Waals surface area (Å²) in [7, 11) is 3.33. The Morgan fingerprint density at radius 1 is 1.41 bits per heavy atom. The van der Waals surface area contributed by atoms with Crippen molar-refractivity contribution in [1.29, 1.82) is 0 Å². The molecule has 1 heterocycles. The number of amides is 1. The van der Waals surface area contributed by atoms with Crippen LogP contribution in [0, 0.1) is 0 Å². The van der Waals surface area contributed by atoms with Crippen LogP contribution in [0.25, 0.3) is 0 Å². The lowest BCUT2D eigenvalue weighted by Crippen LogP contribution is -2.28. The van der Waals surface area contributed by atoms with Crippen molar-refractivity contribution in [2.75, 3.05) is 19.8 Å². The molecule has 0 unspecified atom stereocenters. The first-order valence-corrected chi connectivity index (χ1v) is 8.14. The Morgan fingerprint density at radius 3 is 2.73 bits per heavy atom. The average molecular weight is 326 g/mol. The summed E-state index contributed by atoms with van der Waals surface area (Å²) in [4.78, 5) is 28.4. The van der Waals surface area contributed by atoms with Gasteiger partial charge in [-0.25, -0.2) is 14.6 Å². The maximum Gasteiger partial charge on any atom is 0.346 e. The van der Waals surface area contributed by atoms with Crippen LogP contribution in [0.3, 0.4) is 0 Å². The summed E-state index contributed by atoms with van der Waals surface area (Å²) in [6, 6.07) is -0.237. The first-order chi connectivity index (χ1) is 10.5. The molecule has 0 saturated heterocycles. The summed E-state index contributed by atoms with van der Waals surface area (Å²) < 4.78 is 1.32. The van der Waals surface area contributed by atoms with Gasteiger partial charge in [0.15, 0.2) is 11.0 Å². The second-order valence-electron chi connectivity index (χ2n) is 4.88. The molecule has 0 atom stereocenters. The first-order valence-electron chi connectivity index (χ1n) is 7.15. The lowest BCUT2D eigenvalue weighted by molar-refractivity contribution is -0.131. The highest BCUT2D eigenvalue weighted by atomic mass is 32.2. The van der Waals surface area contributed by atoms with Gasteiger partial charge in [0.2, 0.25) is 0 Å². The summed E-state index contributed by atoms with van der Waals surface area (Å²) in [6.45, 7) is 2.09. The summed E-state index contributed by atoms with van der Waals surface area (Å²) >= 11 is 1.40. The highest BCUT2D eigenvalue weighted by molar-refractivity contribution is 7.99. The fourth-order valence-electron chi connectivity index (χ4n) is 1.59. The molecule has 1 N–H and O–H groups in total. The van der Waals surface area contributed by atoms with E-state index in [1.807, 2.05) is 0 Å². The summed E-state index contributed by atoms with van der Waals surface area (Å²) in [5.74, 6) is 0.342. The molecular formula is C14H22N4O3S. The quantitative estimate of drug-likeness (QED) is 0.448. The number of allylic oxidation sites excluding steroid dienone is 1. The molecule has 1 aromatic rings. The molecule has 0 aliphatic rings. The van der Waals surface area contributed by atoms with Gasteiger partial charge in [-0.3, -0.25) is 0 Å². The van der Waals surface area contributed by atoms with E-state index in [1.54, 1.807) is 20.2 Å². The number of carboxylic acids is 1. The van der Waals surface area contributed by atoms with E-state index in [1.165, 1.54) is 21.3 Å². The number of hydrogen-bond acceptors (Lipinski definition) is 5. The topological polar surface area (TPSA) is 88.3 Å². The van der Waals surface area contributed by atoms with Crippen LogP contribution in [0.5, 0.6) is 0 Å². The Morgan fingerprint density at radius 2 is 2.14 bits per heavy atom. The van der Waals surface area contributed by atoms with Gasteiger partial charge < -0.3 is 10.0 Å². The zero-order chi connectivity index (χ0) is 16.5. The van der Waals surface area contributed by atoms with Gasteiger partial charge in [-0.2, -0.15) is 4.68 Å². The van der Waals surface area contributed by atoms with Gasteiger partial charge in [0.1, 0.15) is 0 Å². The molecule has 0 saturated carbocycles. The van der Waals surface area contributed by atoms with Gasteiger partial charge >= 0.3 is 12.0 Å². The van der Waals surface area contributed by atoms with Gasteiger partial charge in [0.05, 0.1) is 0 Å². The summed E-state index contributed by atoms with van der Waals surface area (Å²) in [5.41, 5.74) is 0. The number of unbranched alkanes of at least 4 members (excludes halogenated alkanes) is 1. The predicted octanol–water partition coefficient (Wildman–Crippen LogP) is 2.27. The molecule has 0 aliphatic carbocycles. The fourth-order valence-corrected chi connectivity index (χ4v) is 2.44. The van der Waals surface area contributed by atoms with Crippen LogP contribution in [-0.2, 0) is 11.2 Å². The number of hydrogen-bond donors (Lipinski definition) is 1. The monoisotopic (exact) mass is 326 g/mol. The molecule has 22 heavy (non-hydrogen) atoms. The third kappa shape index (κ3) is 5.88. The average Bonchev–Trinajstić information content (AvgIpc) is 2.86. The minimum absolute atomic E-state index is 0.237. The standard InChI is InChI=1S/C14H22N4O3S/c1-4-5-8-11-15-13(18(16-11)14(21)17(2)3)22-10-7-6-9-12(19)20/h6,9H,4-5,7-8,10H2,1-3H3,(H,19,20). The molecule has 8 heteroatoms. The van der Waals surface area contributed by atoms with Crippen molar-refractivity contribution >= 4 is 23.8 Å². The third-order valence-corrected chi connectivity index (χ3v) is 3.68. The molecule has 122 valence electrons. The first kappa shape index (κ1) is 18.2. The summed E-state index contributed by atoms with van der Waals surface area (Å²) in [6.07, 6.45) is 6.05. The number of aryl methyl sites for hydroxylation is 1. The number of rotatable bonds is 8. The molecule has 7 nitrogen and oxygen atoms in total. The SMILES string of the molecule is CCCCc1nc(SCCC=CC(=O)O)n(C(=O)N(C)C)n1. The van der Waals surface area contributed by atoms with E-state index in [0.29, 0.717) is 23.2 Å². The molecular weight excluding hydrogens is 304 g/mol. The number of nitrogens with zero attached hydrogens (tertiary/aromatic N) is 4. The van der Waals surface area contributed by atoms with Gasteiger partial charge in [0.25, 0.3) is 0 Å². The Hall–Kier alpha value is -1.83. The van der Waals surface area contributed by atoms with Crippen molar-refractivity contribution in [2.24, 2.45) is 0 Å². The normalized spacial score (nSPS) is 11.0. The van der Waals surface area contributed by atoms with Gasteiger partial charge in [-0.1, -0.05) is 31.2 Å². The minimum Gasteiger partial charge on any atom is -0.478 e. The van der Waals surface area contributed by atoms with Crippen molar-refractivity contribution in [1.82, 2.24) is 19.7 Å². The highest BCUT2D eigenvalue weighted by Gasteiger charge is 2.17. The Balaban J connectivity index is 2.74. The van der Waals surface area contributed by atoms with Crippen molar-refractivity contribution in [2.45, 2.75) is 37.8 Å². The molecule has 0 aromatic carbocycles. The molecule has 0 bridgehead atoms. The van der Waals surface area contributed by atoms with Crippen LogP contribution in [0.15, 0.2) is 17.3 Å². The Kier molecular flexibility index (Phi) is 7.65.